The van der Waals surface area contributed by atoms with Gasteiger partial charge in [0.2, 0.25) is 0 Å². The fraction of sp³-hybridized carbons (Fsp3) is 0.917. The molecule has 2 fully saturated rings. The number of hydrogen-bond donors (Lipinski definition) is 0. The summed E-state index contributed by atoms with van der Waals surface area (Å²) in [5.41, 5.74) is 0. The molecule has 0 aromatic rings. The predicted octanol–water partition coefficient (Wildman–Crippen LogP) is 1.82. The average molecular weight is 211 g/mol. The molecule has 0 spiro atoms. The molecule has 0 amide bonds. The largest absolute Gasteiger partial charge is 0.465 e. The van der Waals surface area contributed by atoms with Crippen LogP contribution < -0.4 is 0 Å². The molecular formula is C12H21NO2. The monoisotopic (exact) mass is 211 g/mol. The van der Waals surface area contributed by atoms with Crippen molar-refractivity contribution in [3.05, 3.63) is 0 Å². The van der Waals surface area contributed by atoms with E-state index in [4.69, 9.17) is 4.74 Å². The van der Waals surface area contributed by atoms with Gasteiger partial charge in [0.15, 0.2) is 0 Å². The van der Waals surface area contributed by atoms with Gasteiger partial charge in [0.1, 0.15) is 0 Å². The van der Waals surface area contributed by atoms with Crippen LogP contribution >= 0.6 is 0 Å². The van der Waals surface area contributed by atoms with Gasteiger partial charge in [-0.15, -0.1) is 0 Å². The van der Waals surface area contributed by atoms with Crippen molar-refractivity contribution in [1.82, 2.24) is 4.90 Å². The van der Waals surface area contributed by atoms with Gasteiger partial charge in [-0.2, -0.15) is 0 Å². The molecule has 0 N–H and O–H groups in total. The Morgan fingerprint density at radius 1 is 1.27 bits per heavy atom. The molecule has 0 aromatic heterocycles. The number of esters is 1. The number of rotatable bonds is 4. The maximum absolute atomic E-state index is 11.2. The lowest BCUT2D eigenvalue weighted by Gasteiger charge is -2.26. The van der Waals surface area contributed by atoms with Crippen LogP contribution in [0.15, 0.2) is 0 Å². The topological polar surface area (TPSA) is 29.5 Å². The van der Waals surface area contributed by atoms with Crippen molar-refractivity contribution in [2.24, 2.45) is 5.92 Å². The van der Waals surface area contributed by atoms with Crippen LogP contribution in [0.5, 0.6) is 0 Å². The maximum Gasteiger partial charge on any atom is 0.309 e. The molecule has 0 aliphatic carbocycles. The summed E-state index contributed by atoms with van der Waals surface area (Å²) in [6, 6.07) is 0. The zero-order chi connectivity index (χ0) is 10.5. The van der Waals surface area contributed by atoms with Gasteiger partial charge in [-0.3, -0.25) is 4.79 Å². The van der Waals surface area contributed by atoms with Crippen molar-refractivity contribution in [3.63, 3.8) is 0 Å². The Balaban J connectivity index is 1.59. The molecule has 1 unspecified atom stereocenters. The first-order chi connectivity index (χ1) is 7.36. The van der Waals surface area contributed by atoms with E-state index in [0.717, 1.165) is 19.3 Å². The van der Waals surface area contributed by atoms with E-state index >= 15 is 0 Å². The Hall–Kier alpha value is -0.570. The fourth-order valence-corrected chi connectivity index (χ4v) is 2.54. The molecule has 3 nitrogen and oxygen atoms in total. The van der Waals surface area contributed by atoms with E-state index in [0.29, 0.717) is 6.61 Å². The van der Waals surface area contributed by atoms with E-state index in [-0.39, 0.29) is 11.9 Å². The Morgan fingerprint density at radius 2 is 2.07 bits per heavy atom. The molecule has 0 saturated carbocycles. The highest BCUT2D eigenvalue weighted by atomic mass is 16.5. The molecule has 15 heavy (non-hydrogen) atoms. The standard InChI is InChI=1S/C12H21NO2/c14-12-11(6-10-15-12)5-4-9-13-7-2-1-3-8-13/h11H,1-10H2. The third-order valence-electron chi connectivity index (χ3n) is 3.52. The predicted molar refractivity (Wildman–Crippen MR) is 58.6 cm³/mol. The van der Waals surface area contributed by atoms with E-state index in [1.54, 1.807) is 0 Å². The van der Waals surface area contributed by atoms with Crippen molar-refractivity contribution in [3.8, 4) is 0 Å². The van der Waals surface area contributed by atoms with E-state index in [2.05, 4.69) is 4.90 Å². The zero-order valence-corrected chi connectivity index (χ0v) is 9.41. The lowest BCUT2D eigenvalue weighted by Crippen LogP contribution is -2.30. The number of carbonyl (C=O) groups excluding carboxylic acids is 1. The quantitative estimate of drug-likeness (QED) is 0.664. The fourth-order valence-electron chi connectivity index (χ4n) is 2.54. The number of hydrogen-bond acceptors (Lipinski definition) is 3. The molecule has 3 heteroatoms. The number of nitrogens with zero attached hydrogens (tertiary/aromatic N) is 1. The summed E-state index contributed by atoms with van der Waals surface area (Å²) >= 11 is 0. The number of carbonyl (C=O) groups is 1. The van der Waals surface area contributed by atoms with Gasteiger partial charge in [-0.25, -0.2) is 0 Å². The van der Waals surface area contributed by atoms with E-state index in [1.165, 1.54) is 38.9 Å². The highest BCUT2D eigenvalue weighted by molar-refractivity contribution is 5.73. The van der Waals surface area contributed by atoms with Crippen molar-refractivity contribution >= 4 is 5.97 Å². The zero-order valence-electron chi connectivity index (χ0n) is 9.41. The number of cyclic esters (lactones) is 1. The maximum atomic E-state index is 11.2. The van der Waals surface area contributed by atoms with Gasteiger partial charge in [0, 0.05) is 0 Å². The normalized spacial score (nSPS) is 28.0. The average Bonchev–Trinajstić information content (AvgIpc) is 2.66. The van der Waals surface area contributed by atoms with Crippen molar-refractivity contribution in [2.75, 3.05) is 26.2 Å². The number of ether oxygens (including phenoxy) is 1. The first-order valence-corrected chi connectivity index (χ1v) is 6.25. The minimum absolute atomic E-state index is 0.0358. The van der Waals surface area contributed by atoms with Crippen molar-refractivity contribution in [2.45, 2.75) is 38.5 Å². The van der Waals surface area contributed by atoms with Gasteiger partial charge >= 0.3 is 5.97 Å². The second-order valence-corrected chi connectivity index (χ2v) is 4.70. The van der Waals surface area contributed by atoms with Crippen LogP contribution in [0.3, 0.4) is 0 Å². The van der Waals surface area contributed by atoms with E-state index < -0.39 is 0 Å². The van der Waals surface area contributed by atoms with Gasteiger partial charge < -0.3 is 9.64 Å². The third kappa shape index (κ3) is 3.20. The summed E-state index contributed by atoms with van der Waals surface area (Å²) in [4.78, 5) is 13.8. The van der Waals surface area contributed by atoms with Crippen molar-refractivity contribution in [1.29, 1.82) is 0 Å². The molecular weight excluding hydrogens is 190 g/mol. The van der Waals surface area contributed by atoms with Crippen LogP contribution in [-0.2, 0) is 9.53 Å². The van der Waals surface area contributed by atoms with Crippen LogP contribution in [0.25, 0.3) is 0 Å². The molecule has 2 aliphatic rings. The Labute approximate surface area is 91.8 Å². The smallest absolute Gasteiger partial charge is 0.309 e. The summed E-state index contributed by atoms with van der Waals surface area (Å²) in [7, 11) is 0. The molecule has 2 heterocycles. The molecule has 2 saturated heterocycles. The highest BCUT2D eigenvalue weighted by Gasteiger charge is 2.25. The van der Waals surface area contributed by atoms with E-state index in [1.807, 2.05) is 0 Å². The third-order valence-corrected chi connectivity index (χ3v) is 3.52. The molecule has 0 bridgehead atoms. The highest BCUT2D eigenvalue weighted by Crippen LogP contribution is 2.20. The van der Waals surface area contributed by atoms with Crippen LogP contribution in [0, 0.1) is 5.92 Å². The molecule has 0 aromatic carbocycles. The Bertz CT molecular complexity index is 212. The van der Waals surface area contributed by atoms with Gasteiger partial charge in [-0.05, 0) is 51.7 Å². The molecule has 2 rings (SSSR count). The van der Waals surface area contributed by atoms with Gasteiger partial charge in [0.25, 0.3) is 0 Å². The molecule has 2 aliphatic heterocycles. The second kappa shape index (κ2) is 5.50. The van der Waals surface area contributed by atoms with Gasteiger partial charge in [0.05, 0.1) is 12.5 Å². The minimum atomic E-state index is 0.0358. The lowest BCUT2D eigenvalue weighted by molar-refractivity contribution is -0.141. The van der Waals surface area contributed by atoms with Gasteiger partial charge in [-0.1, -0.05) is 6.42 Å². The SMILES string of the molecule is O=C1OCCC1CCCN1CCCCC1. The molecule has 0 radical (unpaired) electrons. The number of likely N-dealkylation sites (tertiary alicyclic amines) is 1. The summed E-state index contributed by atoms with van der Waals surface area (Å²) in [5, 5.41) is 0. The molecule has 1 atom stereocenters. The first kappa shape index (κ1) is 10.9. The molecule has 86 valence electrons. The van der Waals surface area contributed by atoms with Crippen LogP contribution in [-0.4, -0.2) is 37.1 Å². The van der Waals surface area contributed by atoms with E-state index in [9.17, 15) is 4.79 Å². The van der Waals surface area contributed by atoms with Crippen LogP contribution in [0.2, 0.25) is 0 Å². The summed E-state index contributed by atoms with van der Waals surface area (Å²) < 4.78 is 4.96. The van der Waals surface area contributed by atoms with Crippen molar-refractivity contribution < 1.29 is 9.53 Å². The lowest BCUT2D eigenvalue weighted by atomic mass is 10.0. The summed E-state index contributed by atoms with van der Waals surface area (Å²) in [6.45, 7) is 4.33. The second-order valence-electron chi connectivity index (χ2n) is 4.70. The Kier molecular flexibility index (Phi) is 4.01. The van der Waals surface area contributed by atoms with Crippen LogP contribution in [0.4, 0.5) is 0 Å². The summed E-state index contributed by atoms with van der Waals surface area (Å²) in [6.07, 6.45) is 7.22. The summed E-state index contributed by atoms with van der Waals surface area (Å²) in [5.74, 6) is 0.239. The first-order valence-electron chi connectivity index (χ1n) is 6.25. The minimum Gasteiger partial charge on any atom is -0.465 e. The Morgan fingerprint density at radius 3 is 2.73 bits per heavy atom. The van der Waals surface area contributed by atoms with Crippen LogP contribution in [0.1, 0.15) is 38.5 Å². The number of piperidine rings is 1.